The molecule has 2 N–H and O–H groups in total. The fourth-order valence-corrected chi connectivity index (χ4v) is 4.13. The zero-order chi connectivity index (χ0) is 24.7. The maximum atomic E-state index is 13.0. The van der Waals surface area contributed by atoms with Crippen molar-refractivity contribution in [3.05, 3.63) is 58.6 Å². The number of ether oxygens (including phenoxy) is 2. The van der Waals surface area contributed by atoms with Crippen LogP contribution in [0, 0.1) is 0 Å². The molecule has 1 fully saturated rings. The number of piperidine rings is 1. The highest BCUT2D eigenvalue weighted by Crippen LogP contribution is 2.28. The number of hydrogen-bond acceptors (Lipinski definition) is 5. The quantitative estimate of drug-likeness (QED) is 0.596. The summed E-state index contributed by atoms with van der Waals surface area (Å²) in [6, 6.07) is 11.4. The van der Waals surface area contributed by atoms with E-state index in [0.29, 0.717) is 54.4 Å². The monoisotopic (exact) mass is 487 g/mol. The third kappa shape index (κ3) is 6.63. The SMILES string of the molecule is COc1ccc(C[C@H](NC(C)=O)C(=O)NC2CCN(C(=O)c3ccc(Cl)cc3)CC2)cc1OC. The fraction of sp³-hybridized carbons (Fsp3) is 0.400. The maximum Gasteiger partial charge on any atom is 0.253 e. The van der Waals surface area contributed by atoms with E-state index in [1.54, 1.807) is 55.5 Å². The first-order valence-electron chi connectivity index (χ1n) is 11.1. The Hall–Kier alpha value is -3.26. The van der Waals surface area contributed by atoms with Crippen LogP contribution in [0.15, 0.2) is 42.5 Å². The first kappa shape index (κ1) is 25.4. The van der Waals surface area contributed by atoms with E-state index in [2.05, 4.69) is 10.6 Å². The van der Waals surface area contributed by atoms with E-state index in [1.807, 2.05) is 6.07 Å². The molecule has 2 aromatic carbocycles. The van der Waals surface area contributed by atoms with E-state index in [1.165, 1.54) is 6.92 Å². The summed E-state index contributed by atoms with van der Waals surface area (Å²) in [5.41, 5.74) is 1.42. The Bertz CT molecular complexity index is 1020. The van der Waals surface area contributed by atoms with Gasteiger partial charge in [0.05, 0.1) is 14.2 Å². The Balaban J connectivity index is 1.59. The standard InChI is InChI=1S/C25H30ClN3O5/c1-16(30)27-21(14-17-4-9-22(33-2)23(15-17)34-3)24(31)28-20-10-12-29(13-11-20)25(32)18-5-7-19(26)8-6-18/h4-9,15,20-21H,10-14H2,1-3H3,(H,27,30)(H,28,31)/t21-/m0/s1. The lowest BCUT2D eigenvalue weighted by Crippen LogP contribution is -2.53. The van der Waals surface area contributed by atoms with Crippen molar-refractivity contribution in [2.75, 3.05) is 27.3 Å². The van der Waals surface area contributed by atoms with Crippen molar-refractivity contribution in [3.63, 3.8) is 0 Å². The average molecular weight is 488 g/mol. The molecule has 3 rings (SSSR count). The number of carbonyl (C=O) groups excluding carboxylic acids is 3. The van der Waals surface area contributed by atoms with Crippen LogP contribution in [0.5, 0.6) is 11.5 Å². The maximum absolute atomic E-state index is 13.0. The molecule has 0 spiro atoms. The summed E-state index contributed by atoms with van der Waals surface area (Å²) in [6.07, 6.45) is 1.57. The molecule has 0 bridgehead atoms. The van der Waals surface area contributed by atoms with E-state index < -0.39 is 6.04 Å². The third-order valence-electron chi connectivity index (χ3n) is 5.80. The third-order valence-corrected chi connectivity index (χ3v) is 6.05. The number of likely N-dealkylation sites (tertiary alicyclic amines) is 1. The summed E-state index contributed by atoms with van der Waals surface area (Å²) in [4.78, 5) is 39.3. The van der Waals surface area contributed by atoms with Gasteiger partial charge in [0.25, 0.3) is 5.91 Å². The molecule has 3 amide bonds. The van der Waals surface area contributed by atoms with Crippen LogP contribution >= 0.6 is 11.6 Å². The Morgan fingerprint density at radius 3 is 2.26 bits per heavy atom. The number of methoxy groups -OCH3 is 2. The van der Waals surface area contributed by atoms with E-state index in [9.17, 15) is 14.4 Å². The molecule has 34 heavy (non-hydrogen) atoms. The van der Waals surface area contributed by atoms with Gasteiger partial charge in [-0.25, -0.2) is 0 Å². The highest BCUT2D eigenvalue weighted by Gasteiger charge is 2.27. The highest BCUT2D eigenvalue weighted by molar-refractivity contribution is 6.30. The van der Waals surface area contributed by atoms with Crippen LogP contribution in [0.25, 0.3) is 0 Å². The van der Waals surface area contributed by atoms with Crippen molar-refractivity contribution in [1.82, 2.24) is 15.5 Å². The summed E-state index contributed by atoms with van der Waals surface area (Å²) in [5, 5.41) is 6.36. The van der Waals surface area contributed by atoms with Gasteiger partial charge in [0.1, 0.15) is 6.04 Å². The fourth-order valence-electron chi connectivity index (χ4n) is 4.00. The molecule has 0 aliphatic carbocycles. The van der Waals surface area contributed by atoms with Gasteiger partial charge in [0.2, 0.25) is 11.8 Å². The second-order valence-corrected chi connectivity index (χ2v) is 8.66. The summed E-state index contributed by atoms with van der Waals surface area (Å²) >= 11 is 5.90. The van der Waals surface area contributed by atoms with Crippen LogP contribution in [0.3, 0.4) is 0 Å². The predicted molar refractivity (Wildman–Crippen MR) is 129 cm³/mol. The molecule has 8 nitrogen and oxygen atoms in total. The molecule has 0 saturated carbocycles. The second-order valence-electron chi connectivity index (χ2n) is 8.23. The molecular formula is C25H30ClN3O5. The minimum absolute atomic E-state index is 0.0500. The molecule has 0 unspecified atom stereocenters. The minimum Gasteiger partial charge on any atom is -0.493 e. The highest BCUT2D eigenvalue weighted by atomic mass is 35.5. The van der Waals surface area contributed by atoms with Crippen LogP contribution in [0.4, 0.5) is 0 Å². The normalized spacial score (nSPS) is 14.8. The van der Waals surface area contributed by atoms with Gasteiger partial charge in [-0.3, -0.25) is 14.4 Å². The number of benzene rings is 2. The molecule has 2 aromatic rings. The lowest BCUT2D eigenvalue weighted by molar-refractivity contribution is -0.128. The molecule has 1 saturated heterocycles. The molecule has 0 radical (unpaired) electrons. The first-order valence-corrected chi connectivity index (χ1v) is 11.5. The summed E-state index contributed by atoms with van der Waals surface area (Å²) < 4.78 is 10.6. The molecule has 1 atom stereocenters. The van der Waals surface area contributed by atoms with Gasteiger partial charge in [-0.1, -0.05) is 17.7 Å². The smallest absolute Gasteiger partial charge is 0.253 e. The van der Waals surface area contributed by atoms with Crippen LogP contribution < -0.4 is 20.1 Å². The molecule has 9 heteroatoms. The van der Waals surface area contributed by atoms with Crippen LogP contribution in [0.1, 0.15) is 35.7 Å². The lowest BCUT2D eigenvalue weighted by Gasteiger charge is -2.33. The topological polar surface area (TPSA) is 97.0 Å². The van der Waals surface area contributed by atoms with Gasteiger partial charge in [0, 0.05) is 43.1 Å². The first-order chi connectivity index (χ1) is 16.3. The molecule has 0 aromatic heterocycles. The number of hydrogen-bond donors (Lipinski definition) is 2. The van der Waals surface area contributed by atoms with Gasteiger partial charge >= 0.3 is 0 Å². The van der Waals surface area contributed by atoms with Gasteiger partial charge in [-0.05, 0) is 54.8 Å². The Morgan fingerprint density at radius 2 is 1.68 bits per heavy atom. The summed E-state index contributed by atoms with van der Waals surface area (Å²) in [6.45, 7) is 2.45. The Labute approximate surface area is 204 Å². The number of nitrogens with zero attached hydrogens (tertiary/aromatic N) is 1. The minimum atomic E-state index is -0.732. The number of rotatable bonds is 8. The van der Waals surface area contributed by atoms with E-state index >= 15 is 0 Å². The largest absolute Gasteiger partial charge is 0.493 e. The molecule has 182 valence electrons. The number of halogens is 1. The van der Waals surface area contributed by atoms with E-state index in [4.69, 9.17) is 21.1 Å². The van der Waals surface area contributed by atoms with Crippen molar-refractivity contribution >= 4 is 29.3 Å². The lowest BCUT2D eigenvalue weighted by atomic mass is 10.0. The molecular weight excluding hydrogens is 458 g/mol. The van der Waals surface area contributed by atoms with E-state index in [-0.39, 0.29) is 23.8 Å². The number of amides is 3. The zero-order valence-corrected chi connectivity index (χ0v) is 20.4. The van der Waals surface area contributed by atoms with Crippen molar-refractivity contribution in [2.24, 2.45) is 0 Å². The molecule has 1 aliphatic heterocycles. The Kier molecular flexibility index (Phi) is 8.76. The van der Waals surface area contributed by atoms with Crippen LogP contribution in [-0.2, 0) is 16.0 Å². The van der Waals surface area contributed by atoms with Crippen molar-refractivity contribution < 1.29 is 23.9 Å². The van der Waals surface area contributed by atoms with Crippen LogP contribution in [-0.4, -0.2) is 62.0 Å². The average Bonchev–Trinajstić information content (AvgIpc) is 2.83. The van der Waals surface area contributed by atoms with E-state index in [0.717, 1.165) is 5.56 Å². The zero-order valence-electron chi connectivity index (χ0n) is 19.6. The Morgan fingerprint density at radius 1 is 1.03 bits per heavy atom. The number of carbonyl (C=O) groups is 3. The predicted octanol–water partition coefficient (Wildman–Crippen LogP) is 2.83. The number of nitrogens with one attached hydrogen (secondary N) is 2. The van der Waals surface area contributed by atoms with Crippen molar-refractivity contribution in [1.29, 1.82) is 0 Å². The van der Waals surface area contributed by atoms with Crippen LogP contribution in [0.2, 0.25) is 5.02 Å². The van der Waals surface area contributed by atoms with Gasteiger partial charge < -0.3 is 25.0 Å². The molecule has 1 heterocycles. The van der Waals surface area contributed by atoms with Crippen molar-refractivity contribution in [3.8, 4) is 11.5 Å². The van der Waals surface area contributed by atoms with Gasteiger partial charge in [-0.2, -0.15) is 0 Å². The van der Waals surface area contributed by atoms with Crippen molar-refractivity contribution in [2.45, 2.75) is 38.3 Å². The second kappa shape index (κ2) is 11.7. The molecule has 1 aliphatic rings. The van der Waals surface area contributed by atoms with Gasteiger partial charge in [-0.15, -0.1) is 0 Å². The summed E-state index contributed by atoms with van der Waals surface area (Å²) in [5.74, 6) is 0.550. The van der Waals surface area contributed by atoms with Gasteiger partial charge in [0.15, 0.2) is 11.5 Å². The summed E-state index contributed by atoms with van der Waals surface area (Å²) in [7, 11) is 3.10.